The van der Waals surface area contributed by atoms with Gasteiger partial charge >= 0.3 is 0 Å². The fourth-order valence-corrected chi connectivity index (χ4v) is 2.33. The highest BCUT2D eigenvalue weighted by atomic mass is 16.5. The maximum Gasteiger partial charge on any atom is 0.0861 e. The van der Waals surface area contributed by atoms with Crippen LogP contribution in [0.2, 0.25) is 0 Å². The molecule has 2 N–H and O–H groups in total. The summed E-state index contributed by atoms with van der Waals surface area (Å²) in [6, 6.07) is 0. The van der Waals surface area contributed by atoms with E-state index in [4.69, 9.17) is 10.5 Å². The summed E-state index contributed by atoms with van der Waals surface area (Å²) in [7, 11) is 0. The van der Waals surface area contributed by atoms with Crippen LogP contribution in [-0.2, 0) is 4.74 Å². The predicted molar refractivity (Wildman–Crippen MR) is 39.6 cm³/mol. The Morgan fingerprint density at radius 2 is 2.30 bits per heavy atom. The highest BCUT2D eigenvalue weighted by molar-refractivity contribution is 5.15. The Balaban J connectivity index is 2.27. The molecule has 1 saturated carbocycles. The average Bonchev–Trinajstić information content (AvgIpc) is 2.41. The van der Waals surface area contributed by atoms with Crippen LogP contribution in [0.15, 0.2) is 0 Å². The fraction of sp³-hybridized carbons (Fsp3) is 1.00. The van der Waals surface area contributed by atoms with Gasteiger partial charge in [0.25, 0.3) is 0 Å². The molecule has 3 aliphatic rings. The molecule has 1 aliphatic carbocycles. The predicted octanol–water partition coefficient (Wildman–Crippen LogP) is 0.760. The molecule has 0 spiro atoms. The van der Waals surface area contributed by atoms with Gasteiger partial charge in [-0.15, -0.1) is 0 Å². The molecule has 0 aromatic heterocycles. The van der Waals surface area contributed by atoms with Gasteiger partial charge in [-0.1, -0.05) is 13.8 Å². The third-order valence-corrected chi connectivity index (χ3v) is 3.66. The first kappa shape index (κ1) is 6.62. The summed E-state index contributed by atoms with van der Waals surface area (Å²) >= 11 is 0. The lowest BCUT2D eigenvalue weighted by molar-refractivity contribution is -0.0959. The van der Waals surface area contributed by atoms with E-state index < -0.39 is 0 Å². The van der Waals surface area contributed by atoms with Gasteiger partial charge in [0, 0.05) is 12.0 Å². The topological polar surface area (TPSA) is 35.2 Å². The molecule has 2 bridgehead atoms. The zero-order valence-corrected chi connectivity index (χ0v) is 6.68. The molecule has 0 radical (unpaired) electrons. The smallest absolute Gasteiger partial charge is 0.0861 e. The number of rotatable bonds is 1. The first-order valence-electron chi connectivity index (χ1n) is 3.96. The van der Waals surface area contributed by atoms with E-state index >= 15 is 0 Å². The summed E-state index contributed by atoms with van der Waals surface area (Å²) in [5, 5.41) is 0. The molecule has 0 aromatic carbocycles. The number of ether oxygens (including phenoxy) is 1. The quantitative estimate of drug-likeness (QED) is 0.585. The van der Waals surface area contributed by atoms with Gasteiger partial charge in [-0.3, -0.25) is 0 Å². The Hall–Kier alpha value is -0.0800. The van der Waals surface area contributed by atoms with E-state index in [1.54, 1.807) is 0 Å². The molecular weight excluding hydrogens is 126 g/mol. The van der Waals surface area contributed by atoms with Gasteiger partial charge in [0.05, 0.1) is 12.2 Å². The van der Waals surface area contributed by atoms with Crippen LogP contribution in [0.1, 0.15) is 20.3 Å². The van der Waals surface area contributed by atoms with Crippen LogP contribution in [0.5, 0.6) is 0 Å². The maximum absolute atomic E-state index is 5.66. The van der Waals surface area contributed by atoms with E-state index in [1.165, 1.54) is 6.42 Å². The largest absolute Gasteiger partial charge is 0.373 e. The van der Waals surface area contributed by atoms with Crippen molar-refractivity contribution < 1.29 is 4.74 Å². The van der Waals surface area contributed by atoms with Gasteiger partial charge in [-0.05, 0) is 12.3 Å². The fourth-order valence-electron chi connectivity index (χ4n) is 2.33. The Bertz CT molecular complexity index is 163. The van der Waals surface area contributed by atoms with Crippen molar-refractivity contribution in [1.82, 2.24) is 0 Å². The molecule has 2 atom stereocenters. The second-order valence-corrected chi connectivity index (χ2v) is 4.13. The van der Waals surface area contributed by atoms with Crippen molar-refractivity contribution in [3.05, 3.63) is 0 Å². The standard InChI is InChI=1S/C8H15NO/c1-7(2)6-3-8(7,5-9)10-4-6/h6H,3-5,9H2,1-2H3. The van der Waals surface area contributed by atoms with Gasteiger partial charge in [0.1, 0.15) is 0 Å². The highest BCUT2D eigenvalue weighted by Gasteiger charge is 2.65. The van der Waals surface area contributed by atoms with Crippen LogP contribution in [0.3, 0.4) is 0 Å². The minimum atomic E-state index is 0.0532. The van der Waals surface area contributed by atoms with Crippen molar-refractivity contribution in [2.24, 2.45) is 17.1 Å². The average molecular weight is 141 g/mol. The number of fused-ring (bicyclic) bond motifs is 1. The van der Waals surface area contributed by atoms with Crippen LogP contribution in [0, 0.1) is 11.3 Å². The van der Waals surface area contributed by atoms with Crippen LogP contribution < -0.4 is 5.73 Å². The van der Waals surface area contributed by atoms with E-state index in [1.807, 2.05) is 0 Å². The summed E-state index contributed by atoms with van der Waals surface area (Å²) in [6.45, 7) is 6.16. The van der Waals surface area contributed by atoms with Crippen molar-refractivity contribution >= 4 is 0 Å². The van der Waals surface area contributed by atoms with Gasteiger partial charge in [-0.25, -0.2) is 0 Å². The molecular formula is C8H15NO. The molecule has 2 unspecified atom stereocenters. The Labute approximate surface area is 61.7 Å². The molecule has 2 heterocycles. The zero-order valence-electron chi connectivity index (χ0n) is 6.68. The van der Waals surface area contributed by atoms with E-state index in [0.29, 0.717) is 12.0 Å². The van der Waals surface area contributed by atoms with Gasteiger partial charge in [0.2, 0.25) is 0 Å². The minimum Gasteiger partial charge on any atom is -0.373 e. The third-order valence-electron chi connectivity index (χ3n) is 3.66. The summed E-state index contributed by atoms with van der Waals surface area (Å²) in [4.78, 5) is 0. The molecule has 2 saturated heterocycles. The molecule has 2 nitrogen and oxygen atoms in total. The van der Waals surface area contributed by atoms with E-state index in [2.05, 4.69) is 13.8 Å². The Morgan fingerprint density at radius 1 is 1.60 bits per heavy atom. The Kier molecular flexibility index (Phi) is 1.03. The molecule has 3 rings (SSSR count). The molecule has 10 heavy (non-hydrogen) atoms. The normalized spacial score (nSPS) is 48.9. The summed E-state index contributed by atoms with van der Waals surface area (Å²) in [6.07, 6.45) is 1.19. The van der Waals surface area contributed by atoms with Crippen molar-refractivity contribution in [1.29, 1.82) is 0 Å². The number of nitrogens with two attached hydrogens (primary N) is 1. The number of hydrogen-bond acceptors (Lipinski definition) is 2. The summed E-state index contributed by atoms with van der Waals surface area (Å²) < 4.78 is 5.65. The van der Waals surface area contributed by atoms with Crippen LogP contribution in [0.4, 0.5) is 0 Å². The van der Waals surface area contributed by atoms with Crippen molar-refractivity contribution in [3.8, 4) is 0 Å². The summed E-state index contributed by atoms with van der Waals surface area (Å²) in [5.41, 5.74) is 6.06. The zero-order chi connectivity index (χ0) is 7.41. The highest BCUT2D eigenvalue weighted by Crippen LogP contribution is 2.61. The number of hydrogen-bond donors (Lipinski definition) is 1. The lowest BCUT2D eigenvalue weighted by atomic mass is 9.54. The third kappa shape index (κ3) is 0.453. The minimum absolute atomic E-state index is 0.0532. The maximum atomic E-state index is 5.66. The second-order valence-electron chi connectivity index (χ2n) is 4.13. The van der Waals surface area contributed by atoms with Gasteiger partial charge < -0.3 is 10.5 Å². The lowest BCUT2D eigenvalue weighted by Crippen LogP contribution is -2.58. The van der Waals surface area contributed by atoms with Crippen molar-refractivity contribution in [2.45, 2.75) is 25.9 Å². The molecule has 58 valence electrons. The molecule has 3 fully saturated rings. The molecule has 0 amide bonds. The first-order chi connectivity index (χ1) is 4.62. The van der Waals surface area contributed by atoms with Crippen LogP contribution in [-0.4, -0.2) is 18.8 Å². The van der Waals surface area contributed by atoms with Crippen molar-refractivity contribution in [2.75, 3.05) is 13.2 Å². The molecule has 2 aliphatic heterocycles. The first-order valence-corrected chi connectivity index (χ1v) is 3.96. The monoisotopic (exact) mass is 141 g/mol. The van der Waals surface area contributed by atoms with Crippen LogP contribution in [0.25, 0.3) is 0 Å². The Morgan fingerprint density at radius 3 is 2.50 bits per heavy atom. The van der Waals surface area contributed by atoms with Gasteiger partial charge in [0.15, 0.2) is 0 Å². The summed E-state index contributed by atoms with van der Waals surface area (Å²) in [5.74, 6) is 0.774. The van der Waals surface area contributed by atoms with E-state index in [-0.39, 0.29) is 5.60 Å². The SMILES string of the molecule is CC1(C)C2COC1(CN)C2. The molecule has 2 heteroatoms. The van der Waals surface area contributed by atoms with Crippen molar-refractivity contribution in [3.63, 3.8) is 0 Å². The van der Waals surface area contributed by atoms with Gasteiger partial charge in [-0.2, -0.15) is 0 Å². The van der Waals surface area contributed by atoms with E-state index in [9.17, 15) is 0 Å². The molecule has 0 aromatic rings. The van der Waals surface area contributed by atoms with E-state index in [0.717, 1.165) is 12.5 Å². The second kappa shape index (κ2) is 1.56. The lowest BCUT2D eigenvalue weighted by Gasteiger charge is -2.51. The van der Waals surface area contributed by atoms with Crippen LogP contribution >= 0.6 is 0 Å².